The number of rotatable bonds is 3. The van der Waals surface area contributed by atoms with Crippen LogP contribution >= 0.6 is 0 Å². The van der Waals surface area contributed by atoms with Gasteiger partial charge in [0.2, 0.25) is 0 Å². The lowest BCUT2D eigenvalue weighted by Gasteiger charge is -2.07. The zero-order valence-electron chi connectivity index (χ0n) is 9.46. The van der Waals surface area contributed by atoms with Crippen molar-refractivity contribution in [3.05, 3.63) is 53.9 Å². The van der Waals surface area contributed by atoms with Crippen molar-refractivity contribution in [1.29, 1.82) is 0 Å². The van der Waals surface area contributed by atoms with Crippen molar-refractivity contribution >= 4 is 5.97 Å². The van der Waals surface area contributed by atoms with E-state index in [1.54, 1.807) is 10.8 Å². The molecule has 1 N–H and O–H groups in total. The molecule has 0 aliphatic heterocycles. The second kappa shape index (κ2) is 4.74. The summed E-state index contributed by atoms with van der Waals surface area (Å²) in [6.07, 6.45) is 1.66. The van der Waals surface area contributed by atoms with E-state index in [4.69, 9.17) is 0 Å². The number of aromatic nitrogens is 1. The van der Waals surface area contributed by atoms with Crippen LogP contribution in [0, 0.1) is 0 Å². The van der Waals surface area contributed by atoms with Gasteiger partial charge in [0.15, 0.2) is 5.69 Å². The fourth-order valence-corrected chi connectivity index (χ4v) is 1.69. The Morgan fingerprint density at radius 3 is 2.65 bits per heavy atom. The van der Waals surface area contributed by atoms with Gasteiger partial charge in [0.05, 0.1) is 7.11 Å². The maximum absolute atomic E-state index is 11.5. The van der Waals surface area contributed by atoms with Gasteiger partial charge in [-0.3, -0.25) is 0 Å². The molecule has 0 aliphatic carbocycles. The van der Waals surface area contributed by atoms with E-state index in [2.05, 4.69) is 4.74 Å². The monoisotopic (exact) mass is 231 g/mol. The SMILES string of the molecule is COC(=O)c1c(O)ccn1Cc1ccccc1. The number of hydrogen-bond donors (Lipinski definition) is 1. The lowest BCUT2D eigenvalue weighted by Crippen LogP contribution is -2.10. The van der Waals surface area contributed by atoms with Crippen LogP contribution in [0.1, 0.15) is 16.1 Å². The quantitative estimate of drug-likeness (QED) is 0.822. The second-order valence-electron chi connectivity index (χ2n) is 3.65. The summed E-state index contributed by atoms with van der Waals surface area (Å²) in [4.78, 5) is 11.5. The number of aromatic hydroxyl groups is 1. The molecule has 0 radical (unpaired) electrons. The third kappa shape index (κ3) is 2.30. The van der Waals surface area contributed by atoms with Crippen molar-refractivity contribution < 1.29 is 14.6 Å². The molecule has 0 spiro atoms. The van der Waals surface area contributed by atoms with Crippen molar-refractivity contribution in [2.45, 2.75) is 6.54 Å². The molecule has 0 bridgehead atoms. The topological polar surface area (TPSA) is 51.5 Å². The summed E-state index contributed by atoms with van der Waals surface area (Å²) < 4.78 is 6.30. The van der Waals surface area contributed by atoms with Crippen molar-refractivity contribution in [3.8, 4) is 5.75 Å². The van der Waals surface area contributed by atoms with Crippen molar-refractivity contribution in [2.24, 2.45) is 0 Å². The summed E-state index contributed by atoms with van der Waals surface area (Å²) in [5.41, 5.74) is 1.23. The minimum absolute atomic E-state index is 0.0622. The van der Waals surface area contributed by atoms with Crippen molar-refractivity contribution in [1.82, 2.24) is 4.57 Å². The van der Waals surface area contributed by atoms with Crippen molar-refractivity contribution in [2.75, 3.05) is 7.11 Å². The van der Waals surface area contributed by atoms with Crippen LogP contribution in [-0.4, -0.2) is 22.8 Å². The summed E-state index contributed by atoms with van der Waals surface area (Å²) in [5, 5.41) is 9.59. The average molecular weight is 231 g/mol. The molecule has 0 saturated heterocycles. The fourth-order valence-electron chi connectivity index (χ4n) is 1.69. The van der Waals surface area contributed by atoms with Crippen LogP contribution in [0.2, 0.25) is 0 Å². The Morgan fingerprint density at radius 1 is 1.29 bits per heavy atom. The van der Waals surface area contributed by atoms with Gasteiger partial charge in [-0.25, -0.2) is 4.79 Å². The number of carbonyl (C=O) groups is 1. The highest BCUT2D eigenvalue weighted by molar-refractivity contribution is 5.90. The van der Waals surface area contributed by atoms with Gasteiger partial charge >= 0.3 is 5.97 Å². The lowest BCUT2D eigenvalue weighted by molar-refractivity contribution is 0.0585. The molecule has 1 aromatic heterocycles. The number of hydrogen-bond acceptors (Lipinski definition) is 3. The first-order chi connectivity index (χ1) is 8.22. The largest absolute Gasteiger partial charge is 0.505 e. The van der Waals surface area contributed by atoms with Gasteiger partial charge in [-0.2, -0.15) is 0 Å². The molecule has 88 valence electrons. The van der Waals surface area contributed by atoms with Gasteiger partial charge < -0.3 is 14.4 Å². The van der Waals surface area contributed by atoms with Crippen LogP contribution in [0.5, 0.6) is 5.75 Å². The minimum Gasteiger partial charge on any atom is -0.505 e. The first-order valence-electron chi connectivity index (χ1n) is 5.22. The molecular formula is C13H13NO3. The van der Waals surface area contributed by atoms with Gasteiger partial charge in [-0.15, -0.1) is 0 Å². The number of benzene rings is 1. The molecule has 0 aliphatic rings. The maximum atomic E-state index is 11.5. The number of nitrogens with zero attached hydrogens (tertiary/aromatic N) is 1. The standard InChI is InChI=1S/C13H13NO3/c1-17-13(16)12-11(15)7-8-14(12)9-10-5-3-2-4-6-10/h2-8,15H,9H2,1H3. The molecule has 2 rings (SSSR count). The Kier molecular flexibility index (Phi) is 3.14. The normalized spacial score (nSPS) is 10.2. The van der Waals surface area contributed by atoms with E-state index in [9.17, 15) is 9.90 Å². The molecule has 0 atom stereocenters. The van der Waals surface area contributed by atoms with E-state index in [-0.39, 0.29) is 11.4 Å². The predicted molar refractivity (Wildman–Crippen MR) is 63.0 cm³/mol. The Bertz CT molecular complexity index is 517. The number of methoxy groups -OCH3 is 1. The summed E-state index contributed by atoms with van der Waals surface area (Å²) in [6.45, 7) is 0.520. The zero-order valence-corrected chi connectivity index (χ0v) is 9.46. The first kappa shape index (κ1) is 11.3. The highest BCUT2D eigenvalue weighted by Gasteiger charge is 2.17. The maximum Gasteiger partial charge on any atom is 0.358 e. The Hall–Kier alpha value is -2.23. The molecule has 0 amide bonds. The highest BCUT2D eigenvalue weighted by Crippen LogP contribution is 2.20. The Labute approximate surface area is 99.1 Å². The number of carbonyl (C=O) groups excluding carboxylic acids is 1. The van der Waals surface area contributed by atoms with Gasteiger partial charge in [0, 0.05) is 12.7 Å². The van der Waals surface area contributed by atoms with Crippen LogP contribution in [-0.2, 0) is 11.3 Å². The zero-order chi connectivity index (χ0) is 12.3. The molecule has 0 saturated carbocycles. The second-order valence-corrected chi connectivity index (χ2v) is 3.65. The molecule has 0 unspecified atom stereocenters. The van der Waals surface area contributed by atoms with E-state index < -0.39 is 5.97 Å². The summed E-state index contributed by atoms with van der Waals surface area (Å²) in [5.74, 6) is -0.601. The first-order valence-corrected chi connectivity index (χ1v) is 5.22. The highest BCUT2D eigenvalue weighted by atomic mass is 16.5. The van der Waals surface area contributed by atoms with Crippen LogP contribution in [0.4, 0.5) is 0 Å². The predicted octanol–water partition coefficient (Wildman–Crippen LogP) is 2.03. The van der Waals surface area contributed by atoms with Gasteiger partial charge in [0.1, 0.15) is 5.75 Å². The molecule has 4 heteroatoms. The van der Waals surface area contributed by atoms with E-state index in [0.29, 0.717) is 6.54 Å². The average Bonchev–Trinajstić information content (AvgIpc) is 2.71. The van der Waals surface area contributed by atoms with Crippen molar-refractivity contribution in [3.63, 3.8) is 0 Å². The van der Waals surface area contributed by atoms with E-state index in [1.165, 1.54) is 13.2 Å². The molecule has 1 aromatic carbocycles. The van der Waals surface area contributed by atoms with Gasteiger partial charge in [-0.05, 0) is 11.6 Å². The molecular weight excluding hydrogens is 218 g/mol. The van der Waals surface area contributed by atoms with E-state index >= 15 is 0 Å². The lowest BCUT2D eigenvalue weighted by atomic mass is 10.2. The van der Waals surface area contributed by atoms with E-state index in [0.717, 1.165) is 5.56 Å². The third-order valence-electron chi connectivity index (χ3n) is 2.52. The fraction of sp³-hybridized carbons (Fsp3) is 0.154. The summed E-state index contributed by atoms with van der Waals surface area (Å²) in [7, 11) is 1.29. The molecule has 1 heterocycles. The van der Waals surface area contributed by atoms with Gasteiger partial charge in [0.25, 0.3) is 0 Å². The molecule has 2 aromatic rings. The smallest absolute Gasteiger partial charge is 0.358 e. The van der Waals surface area contributed by atoms with Crippen LogP contribution in [0.3, 0.4) is 0 Å². The number of ether oxygens (including phenoxy) is 1. The molecule has 17 heavy (non-hydrogen) atoms. The van der Waals surface area contributed by atoms with Gasteiger partial charge in [-0.1, -0.05) is 30.3 Å². The summed E-state index contributed by atoms with van der Waals surface area (Å²) in [6, 6.07) is 11.2. The molecule has 4 nitrogen and oxygen atoms in total. The third-order valence-corrected chi connectivity index (χ3v) is 2.52. The van der Waals surface area contributed by atoms with E-state index in [1.807, 2.05) is 30.3 Å². The Morgan fingerprint density at radius 2 is 2.00 bits per heavy atom. The number of esters is 1. The summed E-state index contributed by atoms with van der Waals surface area (Å²) >= 11 is 0. The van der Waals surface area contributed by atoms with Crippen LogP contribution in [0.25, 0.3) is 0 Å². The van der Waals surface area contributed by atoms with Crippen LogP contribution in [0.15, 0.2) is 42.6 Å². The molecule has 0 fully saturated rings. The minimum atomic E-state index is -0.538. The Balaban J connectivity index is 2.31. The van der Waals surface area contributed by atoms with Crippen LogP contribution < -0.4 is 0 Å².